The van der Waals surface area contributed by atoms with Crippen LogP contribution in [0.1, 0.15) is 12.5 Å². The Balaban J connectivity index is 1.38. The van der Waals surface area contributed by atoms with Crippen LogP contribution in [-0.2, 0) is 4.79 Å². The van der Waals surface area contributed by atoms with Gasteiger partial charge in [-0.05, 0) is 41.5 Å². The molecule has 3 aromatic carbocycles. The van der Waals surface area contributed by atoms with Crippen molar-refractivity contribution in [2.45, 2.75) is 11.3 Å². The molecule has 1 N–H and O–H groups in total. The van der Waals surface area contributed by atoms with Crippen molar-refractivity contribution in [3.05, 3.63) is 72.3 Å². The topological polar surface area (TPSA) is 54.4 Å². The standard InChI is InChI=1S/C21H17N3OS2/c1-14(16-11-10-15-6-2-3-7-17(15)12-16)23-24-20(25)13-26-21-22-18-8-4-5-9-19(18)27-21/h2-12H,13H2,1H3,(H,24,25)/b23-14-. The predicted octanol–water partition coefficient (Wildman–Crippen LogP) is 5.08. The third-order valence-corrected chi connectivity index (χ3v) is 6.30. The molecule has 1 aromatic heterocycles. The molecule has 0 atom stereocenters. The Kier molecular flexibility index (Phi) is 5.18. The summed E-state index contributed by atoms with van der Waals surface area (Å²) in [5, 5.41) is 6.58. The summed E-state index contributed by atoms with van der Waals surface area (Å²) in [6.45, 7) is 1.89. The molecular weight excluding hydrogens is 374 g/mol. The number of para-hydroxylation sites is 1. The smallest absolute Gasteiger partial charge is 0.250 e. The molecule has 1 amide bonds. The molecular formula is C21H17N3OS2. The zero-order valence-corrected chi connectivity index (χ0v) is 16.3. The number of benzene rings is 3. The normalized spacial score (nSPS) is 11.8. The van der Waals surface area contributed by atoms with Gasteiger partial charge in [-0.25, -0.2) is 10.4 Å². The second-order valence-electron chi connectivity index (χ2n) is 6.03. The van der Waals surface area contributed by atoms with Crippen LogP contribution in [0.3, 0.4) is 0 Å². The van der Waals surface area contributed by atoms with Crippen molar-refractivity contribution in [3.8, 4) is 0 Å². The van der Waals surface area contributed by atoms with E-state index in [1.807, 2.05) is 49.4 Å². The van der Waals surface area contributed by atoms with E-state index >= 15 is 0 Å². The third kappa shape index (κ3) is 4.18. The summed E-state index contributed by atoms with van der Waals surface area (Å²) < 4.78 is 2.02. The summed E-state index contributed by atoms with van der Waals surface area (Å²) >= 11 is 3.03. The maximum atomic E-state index is 12.1. The lowest BCUT2D eigenvalue weighted by atomic mass is 10.0. The van der Waals surface area contributed by atoms with Crippen molar-refractivity contribution < 1.29 is 4.79 Å². The van der Waals surface area contributed by atoms with Crippen LogP contribution < -0.4 is 5.43 Å². The number of thiazole rings is 1. The molecule has 0 spiro atoms. The fraction of sp³-hybridized carbons (Fsp3) is 0.0952. The largest absolute Gasteiger partial charge is 0.272 e. The number of nitrogens with one attached hydrogen (secondary N) is 1. The summed E-state index contributed by atoms with van der Waals surface area (Å²) in [5.41, 5.74) is 5.38. The highest BCUT2D eigenvalue weighted by molar-refractivity contribution is 8.01. The molecule has 0 aliphatic rings. The van der Waals surface area contributed by atoms with E-state index in [0.29, 0.717) is 0 Å². The van der Waals surface area contributed by atoms with Crippen molar-refractivity contribution in [2.24, 2.45) is 5.10 Å². The number of thioether (sulfide) groups is 1. The molecule has 0 saturated carbocycles. The van der Waals surface area contributed by atoms with Crippen molar-refractivity contribution >= 4 is 55.7 Å². The van der Waals surface area contributed by atoms with Gasteiger partial charge in [0.1, 0.15) is 0 Å². The molecule has 0 unspecified atom stereocenters. The van der Waals surface area contributed by atoms with Gasteiger partial charge in [0.15, 0.2) is 4.34 Å². The molecule has 0 radical (unpaired) electrons. The van der Waals surface area contributed by atoms with Crippen LogP contribution in [0.4, 0.5) is 0 Å². The second-order valence-corrected chi connectivity index (χ2v) is 8.28. The van der Waals surface area contributed by atoms with E-state index in [9.17, 15) is 4.79 Å². The minimum atomic E-state index is -0.139. The average molecular weight is 392 g/mol. The Morgan fingerprint density at radius 3 is 2.70 bits per heavy atom. The number of aromatic nitrogens is 1. The Morgan fingerprint density at radius 1 is 1.07 bits per heavy atom. The Bertz CT molecular complexity index is 1120. The van der Waals surface area contributed by atoms with Gasteiger partial charge >= 0.3 is 0 Å². The van der Waals surface area contributed by atoms with E-state index in [1.54, 1.807) is 11.3 Å². The molecule has 0 aliphatic heterocycles. The van der Waals surface area contributed by atoms with Crippen LogP contribution in [0.15, 0.2) is 76.2 Å². The monoisotopic (exact) mass is 391 g/mol. The van der Waals surface area contributed by atoms with Gasteiger partial charge in [0.05, 0.1) is 21.7 Å². The highest BCUT2D eigenvalue weighted by Gasteiger charge is 2.07. The van der Waals surface area contributed by atoms with Gasteiger partial charge in [-0.2, -0.15) is 5.10 Å². The molecule has 4 nitrogen and oxygen atoms in total. The number of hydrogen-bond acceptors (Lipinski definition) is 5. The maximum Gasteiger partial charge on any atom is 0.250 e. The molecule has 27 heavy (non-hydrogen) atoms. The van der Waals surface area contributed by atoms with Gasteiger partial charge in [0.2, 0.25) is 0 Å². The van der Waals surface area contributed by atoms with Crippen molar-refractivity contribution in [1.82, 2.24) is 10.4 Å². The quantitative estimate of drug-likeness (QED) is 0.293. The van der Waals surface area contributed by atoms with Crippen molar-refractivity contribution in [2.75, 3.05) is 5.75 Å². The first-order valence-corrected chi connectivity index (χ1v) is 10.3. The highest BCUT2D eigenvalue weighted by Crippen LogP contribution is 2.29. The van der Waals surface area contributed by atoms with E-state index in [2.05, 4.69) is 39.8 Å². The molecule has 0 bridgehead atoms. The molecule has 134 valence electrons. The Hall–Kier alpha value is -2.70. The van der Waals surface area contributed by atoms with Crippen LogP contribution in [0, 0.1) is 0 Å². The molecule has 0 aliphatic carbocycles. The van der Waals surface area contributed by atoms with Crippen LogP contribution in [-0.4, -0.2) is 22.4 Å². The van der Waals surface area contributed by atoms with Gasteiger partial charge in [-0.15, -0.1) is 11.3 Å². The number of nitrogens with zero attached hydrogens (tertiary/aromatic N) is 2. The number of hydrazone groups is 1. The summed E-state index contributed by atoms with van der Waals surface area (Å²) in [4.78, 5) is 16.6. The van der Waals surface area contributed by atoms with Crippen molar-refractivity contribution in [3.63, 3.8) is 0 Å². The molecule has 1 heterocycles. The van der Waals surface area contributed by atoms with Gasteiger partial charge in [0.25, 0.3) is 5.91 Å². The predicted molar refractivity (Wildman–Crippen MR) is 115 cm³/mol. The minimum absolute atomic E-state index is 0.139. The Labute approximate surface area is 165 Å². The van der Waals surface area contributed by atoms with Crippen LogP contribution in [0.5, 0.6) is 0 Å². The van der Waals surface area contributed by atoms with E-state index < -0.39 is 0 Å². The first kappa shape index (κ1) is 17.7. The van der Waals surface area contributed by atoms with Gasteiger partial charge in [-0.1, -0.05) is 60.3 Å². The summed E-state index contributed by atoms with van der Waals surface area (Å²) in [5.74, 6) is 0.147. The third-order valence-electron chi connectivity index (χ3n) is 4.12. The fourth-order valence-corrected chi connectivity index (χ4v) is 4.56. The number of fused-ring (bicyclic) bond motifs is 2. The summed E-state index contributed by atoms with van der Waals surface area (Å²) in [7, 11) is 0. The SMILES string of the molecule is C/C(=N/NC(=O)CSc1nc2ccccc2s1)c1ccc2ccccc2c1. The van der Waals surface area contributed by atoms with Gasteiger partial charge in [0, 0.05) is 0 Å². The maximum absolute atomic E-state index is 12.1. The number of amides is 1. The number of hydrogen-bond donors (Lipinski definition) is 1. The average Bonchev–Trinajstić information content (AvgIpc) is 3.13. The first-order chi connectivity index (χ1) is 13.2. The van der Waals surface area contributed by atoms with Crippen LogP contribution in [0.25, 0.3) is 21.0 Å². The zero-order chi connectivity index (χ0) is 18.6. The molecule has 4 rings (SSSR count). The lowest BCUT2D eigenvalue weighted by molar-refractivity contribution is -0.118. The number of rotatable bonds is 5. The molecule has 6 heteroatoms. The van der Waals surface area contributed by atoms with Gasteiger partial charge in [-0.3, -0.25) is 4.79 Å². The van der Waals surface area contributed by atoms with Crippen molar-refractivity contribution in [1.29, 1.82) is 0 Å². The lowest BCUT2D eigenvalue weighted by Gasteiger charge is -2.04. The molecule has 4 aromatic rings. The van der Waals surface area contributed by atoms with Gasteiger partial charge < -0.3 is 0 Å². The van der Waals surface area contributed by atoms with E-state index in [0.717, 1.165) is 31.2 Å². The summed E-state index contributed by atoms with van der Waals surface area (Å²) in [6.07, 6.45) is 0. The van der Waals surface area contributed by atoms with Crippen LogP contribution in [0.2, 0.25) is 0 Å². The zero-order valence-electron chi connectivity index (χ0n) is 14.7. The second kappa shape index (κ2) is 7.90. The molecule has 0 saturated heterocycles. The minimum Gasteiger partial charge on any atom is -0.272 e. The van der Waals surface area contributed by atoms with E-state index in [4.69, 9.17) is 0 Å². The van der Waals surface area contributed by atoms with Crippen LogP contribution >= 0.6 is 23.1 Å². The molecule has 0 fully saturated rings. The highest BCUT2D eigenvalue weighted by atomic mass is 32.2. The fourth-order valence-electron chi connectivity index (χ4n) is 2.70. The first-order valence-electron chi connectivity index (χ1n) is 8.50. The van der Waals surface area contributed by atoms with E-state index in [1.165, 1.54) is 17.1 Å². The number of carbonyl (C=O) groups excluding carboxylic acids is 1. The number of carbonyl (C=O) groups is 1. The summed E-state index contributed by atoms with van der Waals surface area (Å²) in [6, 6.07) is 22.3. The Morgan fingerprint density at radius 2 is 1.85 bits per heavy atom. The lowest BCUT2D eigenvalue weighted by Crippen LogP contribution is -2.21. The van der Waals surface area contributed by atoms with E-state index in [-0.39, 0.29) is 11.7 Å².